The molecule has 0 nitrogen and oxygen atoms in total. The van der Waals surface area contributed by atoms with E-state index in [0.717, 1.165) is 0 Å². The van der Waals surface area contributed by atoms with Crippen molar-refractivity contribution in [1.29, 1.82) is 0 Å². The summed E-state index contributed by atoms with van der Waals surface area (Å²) in [6.45, 7) is 8.90. The Morgan fingerprint density at radius 3 is 1.41 bits per heavy atom. The van der Waals surface area contributed by atoms with Crippen molar-refractivity contribution >= 4 is 43.1 Å². The summed E-state index contributed by atoms with van der Waals surface area (Å²) in [6, 6.07) is 71.6. The first-order valence-corrected chi connectivity index (χ1v) is 21.3. The van der Waals surface area contributed by atoms with Crippen LogP contribution in [0.4, 0.5) is 0 Å². The maximum atomic E-state index is 2.38. The van der Waals surface area contributed by atoms with E-state index in [9.17, 15) is 0 Å². The Morgan fingerprint density at radius 1 is 0.305 bits per heavy atom. The van der Waals surface area contributed by atoms with Gasteiger partial charge in [0, 0.05) is 0 Å². The lowest BCUT2D eigenvalue weighted by molar-refractivity contribution is 0.772. The molecular weight excluding hydrogens is 709 g/mol. The number of hydrogen-bond acceptors (Lipinski definition) is 0. The number of rotatable bonds is 7. The van der Waals surface area contributed by atoms with E-state index in [1.165, 1.54) is 129 Å². The molecule has 10 rings (SSSR count). The van der Waals surface area contributed by atoms with Gasteiger partial charge in [0.25, 0.3) is 0 Å². The molecule has 0 aliphatic rings. The van der Waals surface area contributed by atoms with Gasteiger partial charge in [0.1, 0.15) is 0 Å². The van der Waals surface area contributed by atoms with Gasteiger partial charge in [0.2, 0.25) is 0 Å². The number of hydrogen-bond donors (Lipinski definition) is 0. The smallest absolute Gasteiger partial charge is 0.00262 e. The van der Waals surface area contributed by atoms with Crippen LogP contribution in [-0.4, -0.2) is 0 Å². The van der Waals surface area contributed by atoms with Crippen molar-refractivity contribution in [3.8, 4) is 55.6 Å². The van der Waals surface area contributed by atoms with E-state index in [2.05, 4.69) is 222 Å². The summed E-state index contributed by atoms with van der Waals surface area (Å²) in [7, 11) is 0. The Bertz CT molecular complexity index is 3040. The minimum absolute atomic E-state index is 1.22. The largest absolute Gasteiger partial charge is 0.0654 e. The van der Waals surface area contributed by atoms with Gasteiger partial charge >= 0.3 is 0 Å². The molecule has 0 heterocycles. The van der Waals surface area contributed by atoms with Crippen LogP contribution in [0.2, 0.25) is 0 Å². The van der Waals surface area contributed by atoms with Crippen LogP contribution in [-0.2, 0) is 0 Å². The van der Waals surface area contributed by atoms with Gasteiger partial charge in [-0.05, 0) is 136 Å². The molecule has 0 fully saturated rings. The van der Waals surface area contributed by atoms with Gasteiger partial charge in [-0.25, -0.2) is 0 Å². The highest BCUT2D eigenvalue weighted by Gasteiger charge is 2.18. The fourth-order valence-corrected chi connectivity index (χ4v) is 9.06. The molecule has 10 aromatic rings. The summed E-state index contributed by atoms with van der Waals surface area (Å²) < 4.78 is 0. The van der Waals surface area contributed by atoms with Gasteiger partial charge in [0.15, 0.2) is 0 Å². The molecule has 0 N–H and O–H groups in total. The second kappa shape index (κ2) is 16.6. The predicted molar refractivity (Wildman–Crippen MR) is 258 cm³/mol. The molecule has 0 radical (unpaired) electrons. The normalized spacial score (nSPS) is 11.3. The molecule has 0 heteroatoms. The van der Waals surface area contributed by atoms with Crippen LogP contribution < -0.4 is 0 Å². The maximum Gasteiger partial charge on any atom is -0.00262 e. The number of fused-ring (bicyclic) bond motifs is 4. The Balaban J connectivity index is 0.000000849. The average molecular weight is 759 g/mol. The van der Waals surface area contributed by atoms with Crippen LogP contribution in [0.1, 0.15) is 44.2 Å². The van der Waals surface area contributed by atoms with E-state index in [1.807, 2.05) is 0 Å². The van der Waals surface area contributed by atoms with Crippen molar-refractivity contribution < 1.29 is 0 Å². The molecule has 0 unspecified atom stereocenters. The van der Waals surface area contributed by atoms with Crippen LogP contribution in [0.15, 0.2) is 194 Å². The highest BCUT2D eigenvalue weighted by atomic mass is 14.2. The summed E-state index contributed by atoms with van der Waals surface area (Å²) in [6.07, 6.45) is 4.08. The molecule has 286 valence electrons. The Kier molecular flexibility index (Phi) is 10.6. The second-order valence-corrected chi connectivity index (χ2v) is 15.9. The van der Waals surface area contributed by atoms with Crippen molar-refractivity contribution in [2.75, 3.05) is 0 Å². The third-order valence-electron chi connectivity index (χ3n) is 12.1. The maximum absolute atomic E-state index is 2.38. The summed E-state index contributed by atoms with van der Waals surface area (Å²) in [5.74, 6) is 0. The fourth-order valence-electron chi connectivity index (χ4n) is 9.06. The third kappa shape index (κ3) is 7.21. The van der Waals surface area contributed by atoms with Gasteiger partial charge in [-0.15, -0.1) is 0 Å². The molecule has 0 amide bonds. The molecule has 0 bridgehead atoms. The van der Waals surface area contributed by atoms with Gasteiger partial charge in [-0.2, -0.15) is 0 Å². The lowest BCUT2D eigenvalue weighted by Gasteiger charge is -2.19. The summed E-state index contributed by atoms with van der Waals surface area (Å²) in [4.78, 5) is 0. The summed E-state index contributed by atoms with van der Waals surface area (Å²) in [5, 5.41) is 10.2. The van der Waals surface area contributed by atoms with Crippen LogP contribution >= 0.6 is 0 Å². The predicted octanol–water partition coefficient (Wildman–Crippen LogP) is 17.4. The Morgan fingerprint density at radius 2 is 0.780 bits per heavy atom. The van der Waals surface area contributed by atoms with Crippen molar-refractivity contribution in [2.45, 2.75) is 47.0 Å². The van der Waals surface area contributed by atoms with Gasteiger partial charge < -0.3 is 0 Å². The molecule has 0 saturated carbocycles. The van der Waals surface area contributed by atoms with E-state index in [0.29, 0.717) is 0 Å². The first-order chi connectivity index (χ1) is 29.0. The lowest BCUT2D eigenvalue weighted by atomic mass is 9.85. The molecule has 0 spiro atoms. The Labute approximate surface area is 349 Å². The quantitative estimate of drug-likeness (QED) is 0.142. The second-order valence-electron chi connectivity index (χ2n) is 15.9. The van der Waals surface area contributed by atoms with Crippen LogP contribution in [0, 0.1) is 13.8 Å². The van der Waals surface area contributed by atoms with Crippen molar-refractivity contribution in [2.24, 2.45) is 0 Å². The third-order valence-corrected chi connectivity index (χ3v) is 12.1. The SMILES string of the molecule is CCCCC.Cc1ccc(-c2cccc(-c3c4ccccc4c(-c4ccc(-c5cccc6ccccc56)cc4)c4ccccc34)c2)cc1-c1ccc2ccccc2c1C. The standard InChI is InChI=1S/C54H38.C5H12/c1-35-25-26-42(34-52(35)45-32-31-38-14-3-5-18-44(38)36(45)2)41-16-11-17-43(33-41)54-50-22-9-7-20-48(50)53(49-21-8-10-23-51(49)54)40-29-27-39(28-30-40)47-24-12-15-37-13-4-6-19-46(37)47;1-3-5-4-2/h3-34H,1-2H3;3-5H2,1-2H3. The van der Waals surface area contributed by atoms with Crippen LogP contribution in [0.3, 0.4) is 0 Å². The fraction of sp³-hybridized carbons (Fsp3) is 0.119. The van der Waals surface area contributed by atoms with E-state index in [4.69, 9.17) is 0 Å². The minimum Gasteiger partial charge on any atom is -0.0654 e. The zero-order valence-corrected chi connectivity index (χ0v) is 34.6. The average Bonchev–Trinajstić information content (AvgIpc) is 3.29. The highest BCUT2D eigenvalue weighted by molar-refractivity contribution is 6.21. The molecule has 0 saturated heterocycles. The first-order valence-electron chi connectivity index (χ1n) is 21.3. The topological polar surface area (TPSA) is 0 Å². The zero-order valence-electron chi connectivity index (χ0n) is 34.6. The van der Waals surface area contributed by atoms with Crippen molar-refractivity contribution in [1.82, 2.24) is 0 Å². The van der Waals surface area contributed by atoms with Gasteiger partial charge in [0.05, 0.1) is 0 Å². The lowest BCUT2D eigenvalue weighted by Crippen LogP contribution is -1.92. The molecular formula is C59H50. The zero-order chi connectivity index (χ0) is 40.3. The summed E-state index contributed by atoms with van der Waals surface area (Å²) >= 11 is 0. The molecule has 10 aromatic carbocycles. The monoisotopic (exact) mass is 758 g/mol. The van der Waals surface area contributed by atoms with E-state index in [-0.39, 0.29) is 0 Å². The van der Waals surface area contributed by atoms with E-state index >= 15 is 0 Å². The highest BCUT2D eigenvalue weighted by Crippen LogP contribution is 2.45. The van der Waals surface area contributed by atoms with Crippen molar-refractivity contribution in [3.05, 3.63) is 205 Å². The molecule has 0 atom stereocenters. The van der Waals surface area contributed by atoms with E-state index in [1.54, 1.807) is 0 Å². The molecule has 0 aliphatic heterocycles. The molecule has 59 heavy (non-hydrogen) atoms. The number of benzene rings is 10. The minimum atomic E-state index is 1.22. The van der Waals surface area contributed by atoms with Crippen molar-refractivity contribution in [3.63, 3.8) is 0 Å². The molecule has 0 aromatic heterocycles. The summed E-state index contributed by atoms with van der Waals surface area (Å²) in [5.41, 5.74) is 15.1. The van der Waals surface area contributed by atoms with E-state index < -0.39 is 0 Å². The molecule has 0 aliphatic carbocycles. The number of unbranched alkanes of at least 4 members (excludes halogenated alkanes) is 2. The van der Waals surface area contributed by atoms with Gasteiger partial charge in [-0.3, -0.25) is 0 Å². The first kappa shape index (κ1) is 37.8. The van der Waals surface area contributed by atoms with Gasteiger partial charge in [-0.1, -0.05) is 215 Å². The Hall–Kier alpha value is -6.76. The van der Waals surface area contributed by atoms with Crippen LogP contribution in [0.5, 0.6) is 0 Å². The number of aryl methyl sites for hydroxylation is 2. The van der Waals surface area contributed by atoms with Crippen LogP contribution in [0.25, 0.3) is 98.7 Å².